The van der Waals surface area contributed by atoms with Gasteiger partial charge in [-0.05, 0) is 24.6 Å². The molecule has 1 heterocycles. The molecule has 100 valence electrons. The van der Waals surface area contributed by atoms with Crippen LogP contribution in [-0.4, -0.2) is 15.7 Å². The number of amides is 1. The van der Waals surface area contributed by atoms with E-state index in [2.05, 4.69) is 10.4 Å². The van der Waals surface area contributed by atoms with Crippen molar-refractivity contribution in [3.63, 3.8) is 0 Å². The van der Waals surface area contributed by atoms with Crippen molar-refractivity contribution in [2.24, 2.45) is 7.05 Å². The molecule has 1 aromatic carbocycles. The lowest BCUT2D eigenvalue weighted by Crippen LogP contribution is -2.24. The number of benzene rings is 1. The predicted molar refractivity (Wildman–Crippen MR) is 74.4 cm³/mol. The molecule has 3 N–H and O–H groups in total. The molecule has 0 bridgehead atoms. The Bertz CT molecular complexity index is 589. The molecule has 5 heteroatoms. The number of nitrogens with two attached hydrogens (primary N) is 1. The van der Waals surface area contributed by atoms with Gasteiger partial charge in [-0.1, -0.05) is 12.1 Å². The minimum Gasteiger partial charge on any atom is -0.399 e. The fourth-order valence-electron chi connectivity index (χ4n) is 1.86. The van der Waals surface area contributed by atoms with Crippen LogP contribution in [0.5, 0.6) is 0 Å². The zero-order valence-electron chi connectivity index (χ0n) is 11.2. The summed E-state index contributed by atoms with van der Waals surface area (Å²) in [5.74, 6) is -0.0196. The molecular weight excluding hydrogens is 240 g/mol. The van der Waals surface area contributed by atoms with Gasteiger partial charge in [0, 0.05) is 30.5 Å². The molecule has 1 amide bonds. The second-order valence-corrected chi connectivity index (χ2v) is 4.58. The molecule has 0 atom stereocenters. The first-order valence-electron chi connectivity index (χ1n) is 6.15. The molecule has 0 unspecified atom stereocenters. The van der Waals surface area contributed by atoms with E-state index in [-0.39, 0.29) is 5.91 Å². The Kier molecular flexibility index (Phi) is 3.85. The first kappa shape index (κ1) is 13.1. The normalized spacial score (nSPS) is 10.4. The molecule has 0 radical (unpaired) electrons. The average Bonchev–Trinajstić information content (AvgIpc) is 2.68. The highest BCUT2D eigenvalue weighted by atomic mass is 16.1. The van der Waals surface area contributed by atoms with Crippen molar-refractivity contribution >= 4 is 11.6 Å². The number of aromatic nitrogens is 2. The van der Waals surface area contributed by atoms with E-state index in [9.17, 15) is 4.79 Å². The minimum absolute atomic E-state index is 0.0196. The Hall–Kier alpha value is -2.30. The van der Waals surface area contributed by atoms with Gasteiger partial charge in [0.2, 0.25) is 5.91 Å². The van der Waals surface area contributed by atoms with Gasteiger partial charge in [-0.15, -0.1) is 0 Å². The van der Waals surface area contributed by atoms with E-state index in [1.165, 1.54) is 0 Å². The van der Waals surface area contributed by atoms with Gasteiger partial charge in [-0.25, -0.2) is 0 Å². The second kappa shape index (κ2) is 5.56. The number of nitrogens with one attached hydrogen (secondary N) is 1. The Morgan fingerprint density at radius 3 is 2.89 bits per heavy atom. The molecule has 2 aromatic rings. The number of nitrogen functional groups attached to an aromatic ring is 1. The van der Waals surface area contributed by atoms with E-state index in [0.717, 1.165) is 16.8 Å². The summed E-state index contributed by atoms with van der Waals surface area (Å²) in [5, 5.41) is 7.03. The van der Waals surface area contributed by atoms with Crippen LogP contribution in [0.25, 0.3) is 0 Å². The topological polar surface area (TPSA) is 72.9 Å². The van der Waals surface area contributed by atoms with Gasteiger partial charge < -0.3 is 11.1 Å². The molecule has 0 aliphatic rings. The monoisotopic (exact) mass is 258 g/mol. The van der Waals surface area contributed by atoms with E-state index in [1.807, 2.05) is 32.2 Å². The lowest BCUT2D eigenvalue weighted by Gasteiger charge is -2.05. The van der Waals surface area contributed by atoms with Gasteiger partial charge in [0.15, 0.2) is 0 Å². The number of hydrogen-bond donors (Lipinski definition) is 2. The smallest absolute Gasteiger partial charge is 0.224 e. The van der Waals surface area contributed by atoms with Gasteiger partial charge in [0.1, 0.15) is 0 Å². The summed E-state index contributed by atoms with van der Waals surface area (Å²) >= 11 is 0. The zero-order chi connectivity index (χ0) is 13.8. The van der Waals surface area contributed by atoms with Crippen LogP contribution in [-0.2, 0) is 24.8 Å². The highest BCUT2D eigenvalue weighted by molar-refractivity contribution is 5.78. The predicted octanol–water partition coefficient (Wildman–Crippen LogP) is 1.17. The van der Waals surface area contributed by atoms with Crippen LogP contribution in [0.15, 0.2) is 30.5 Å². The third kappa shape index (κ3) is 3.34. The number of carbonyl (C=O) groups excluding carboxylic acids is 1. The van der Waals surface area contributed by atoms with E-state index < -0.39 is 0 Å². The fourth-order valence-corrected chi connectivity index (χ4v) is 1.86. The maximum atomic E-state index is 11.8. The number of aryl methyl sites for hydroxylation is 1. The third-order valence-corrected chi connectivity index (χ3v) is 3.13. The highest BCUT2D eigenvalue weighted by Crippen LogP contribution is 2.08. The van der Waals surface area contributed by atoms with E-state index >= 15 is 0 Å². The average molecular weight is 258 g/mol. The highest BCUT2D eigenvalue weighted by Gasteiger charge is 2.07. The van der Waals surface area contributed by atoms with E-state index in [1.54, 1.807) is 16.9 Å². The van der Waals surface area contributed by atoms with Gasteiger partial charge >= 0.3 is 0 Å². The van der Waals surface area contributed by atoms with E-state index in [0.29, 0.717) is 18.7 Å². The molecule has 0 saturated heterocycles. The lowest BCUT2D eigenvalue weighted by atomic mass is 10.1. The number of rotatable bonds is 4. The van der Waals surface area contributed by atoms with Crippen molar-refractivity contribution in [2.75, 3.05) is 5.73 Å². The van der Waals surface area contributed by atoms with Gasteiger partial charge in [-0.2, -0.15) is 5.10 Å². The van der Waals surface area contributed by atoms with E-state index in [4.69, 9.17) is 5.73 Å². The standard InChI is InChI=1S/C14H18N4O/c1-10-12(9-17-18(10)2)8-16-14(19)7-11-4-3-5-13(15)6-11/h3-6,9H,7-8,15H2,1-2H3,(H,16,19). The maximum Gasteiger partial charge on any atom is 0.224 e. The molecule has 19 heavy (non-hydrogen) atoms. The molecule has 0 aliphatic carbocycles. The number of anilines is 1. The van der Waals surface area contributed by atoms with Crippen molar-refractivity contribution < 1.29 is 4.79 Å². The molecular formula is C14H18N4O. The van der Waals surface area contributed by atoms with Crippen LogP contribution in [0.1, 0.15) is 16.8 Å². The minimum atomic E-state index is -0.0196. The van der Waals surface area contributed by atoms with Crippen LogP contribution >= 0.6 is 0 Å². The van der Waals surface area contributed by atoms with Crippen molar-refractivity contribution in [1.82, 2.24) is 15.1 Å². The Morgan fingerprint density at radius 1 is 1.47 bits per heavy atom. The van der Waals surface area contributed by atoms with Crippen molar-refractivity contribution in [1.29, 1.82) is 0 Å². The quantitative estimate of drug-likeness (QED) is 0.808. The SMILES string of the molecule is Cc1c(CNC(=O)Cc2cccc(N)c2)cnn1C. The Labute approximate surface area is 112 Å². The summed E-state index contributed by atoms with van der Waals surface area (Å²) in [6, 6.07) is 7.36. The Balaban J connectivity index is 1.90. The van der Waals surface area contributed by atoms with Crippen LogP contribution in [0.2, 0.25) is 0 Å². The Morgan fingerprint density at radius 2 is 2.26 bits per heavy atom. The van der Waals surface area contributed by atoms with Crippen LogP contribution < -0.4 is 11.1 Å². The molecule has 2 rings (SSSR count). The first-order chi connectivity index (χ1) is 9.06. The number of nitrogens with zero attached hydrogens (tertiary/aromatic N) is 2. The zero-order valence-corrected chi connectivity index (χ0v) is 11.2. The maximum absolute atomic E-state index is 11.8. The first-order valence-corrected chi connectivity index (χ1v) is 6.15. The van der Waals surface area contributed by atoms with Crippen molar-refractivity contribution in [3.05, 3.63) is 47.3 Å². The number of carbonyl (C=O) groups is 1. The molecule has 0 saturated carbocycles. The van der Waals surface area contributed by atoms with Gasteiger partial charge in [-0.3, -0.25) is 9.48 Å². The van der Waals surface area contributed by atoms with Gasteiger partial charge in [0.05, 0.1) is 12.6 Å². The lowest BCUT2D eigenvalue weighted by molar-refractivity contribution is -0.120. The molecule has 0 spiro atoms. The summed E-state index contributed by atoms with van der Waals surface area (Å²) in [6.45, 7) is 2.48. The van der Waals surface area contributed by atoms with Crippen molar-refractivity contribution in [3.8, 4) is 0 Å². The molecule has 0 fully saturated rings. The van der Waals surface area contributed by atoms with Gasteiger partial charge in [0.25, 0.3) is 0 Å². The van der Waals surface area contributed by atoms with Crippen LogP contribution in [0.3, 0.4) is 0 Å². The van der Waals surface area contributed by atoms with Crippen LogP contribution in [0.4, 0.5) is 5.69 Å². The molecule has 5 nitrogen and oxygen atoms in total. The van der Waals surface area contributed by atoms with Crippen molar-refractivity contribution in [2.45, 2.75) is 19.9 Å². The summed E-state index contributed by atoms with van der Waals surface area (Å²) in [6.07, 6.45) is 2.11. The summed E-state index contributed by atoms with van der Waals surface area (Å²) in [4.78, 5) is 11.8. The molecule has 1 aromatic heterocycles. The third-order valence-electron chi connectivity index (χ3n) is 3.13. The summed E-state index contributed by atoms with van der Waals surface area (Å²) < 4.78 is 1.79. The summed E-state index contributed by atoms with van der Waals surface area (Å²) in [7, 11) is 1.88. The second-order valence-electron chi connectivity index (χ2n) is 4.58. The molecule has 0 aliphatic heterocycles. The number of hydrogen-bond acceptors (Lipinski definition) is 3. The van der Waals surface area contributed by atoms with Crippen LogP contribution in [0, 0.1) is 6.92 Å². The summed E-state index contributed by atoms with van der Waals surface area (Å²) in [5.41, 5.74) is 9.36. The largest absolute Gasteiger partial charge is 0.399 e. The fraction of sp³-hybridized carbons (Fsp3) is 0.286.